The van der Waals surface area contributed by atoms with Crippen molar-refractivity contribution in [3.63, 3.8) is 0 Å². The number of aliphatic hydroxyl groups excluding tert-OH is 1. The molecule has 5 nitrogen and oxygen atoms in total. The molecule has 0 radical (unpaired) electrons. The molecule has 5 heteroatoms. The number of rotatable bonds is 7. The second-order valence-electron chi connectivity index (χ2n) is 7.68. The van der Waals surface area contributed by atoms with E-state index in [1.807, 2.05) is 58.9 Å². The number of nitrogens with one attached hydrogen (secondary N) is 2. The van der Waals surface area contributed by atoms with E-state index in [0.717, 1.165) is 11.3 Å². The van der Waals surface area contributed by atoms with Gasteiger partial charge in [-0.25, -0.2) is 0 Å². The Morgan fingerprint density at radius 3 is 2.17 bits per heavy atom. The van der Waals surface area contributed by atoms with Crippen LogP contribution < -0.4 is 10.6 Å². The fourth-order valence-corrected chi connectivity index (χ4v) is 2.18. The first-order valence-corrected chi connectivity index (χ1v) is 8.40. The van der Waals surface area contributed by atoms with Crippen LogP contribution in [-0.2, 0) is 16.0 Å². The van der Waals surface area contributed by atoms with Crippen LogP contribution in [0, 0.1) is 11.3 Å². The number of hydrogen-bond acceptors (Lipinski definition) is 3. The lowest BCUT2D eigenvalue weighted by molar-refractivity contribution is -0.121. The largest absolute Gasteiger partial charge is 0.396 e. The van der Waals surface area contributed by atoms with Crippen molar-refractivity contribution in [3.8, 4) is 0 Å². The Morgan fingerprint density at radius 1 is 1.08 bits per heavy atom. The van der Waals surface area contributed by atoms with E-state index in [9.17, 15) is 9.59 Å². The summed E-state index contributed by atoms with van der Waals surface area (Å²) >= 11 is 0. The van der Waals surface area contributed by atoms with Crippen molar-refractivity contribution in [3.05, 3.63) is 29.8 Å². The minimum Gasteiger partial charge on any atom is -0.396 e. The number of hydrogen-bond donors (Lipinski definition) is 3. The molecule has 2 atom stereocenters. The molecule has 134 valence electrons. The van der Waals surface area contributed by atoms with Gasteiger partial charge in [0.25, 0.3) is 0 Å². The predicted octanol–water partition coefficient (Wildman–Crippen LogP) is 2.74. The molecular weight excluding hydrogens is 304 g/mol. The second-order valence-corrected chi connectivity index (χ2v) is 7.68. The second kappa shape index (κ2) is 8.83. The molecule has 3 N–H and O–H groups in total. The number of carbonyl (C=O) groups is 2. The summed E-state index contributed by atoms with van der Waals surface area (Å²) in [5.74, 6) is -0.0681. The van der Waals surface area contributed by atoms with Gasteiger partial charge in [0.1, 0.15) is 0 Å². The zero-order valence-corrected chi connectivity index (χ0v) is 15.3. The Kier molecular flexibility index (Phi) is 7.42. The van der Waals surface area contributed by atoms with Crippen LogP contribution in [0.5, 0.6) is 0 Å². The average molecular weight is 334 g/mol. The van der Waals surface area contributed by atoms with Gasteiger partial charge in [0.05, 0.1) is 6.42 Å². The van der Waals surface area contributed by atoms with Gasteiger partial charge in [-0.1, -0.05) is 39.8 Å². The molecule has 0 fully saturated rings. The highest BCUT2D eigenvalue weighted by Gasteiger charge is 2.16. The third-order valence-corrected chi connectivity index (χ3v) is 3.82. The molecule has 0 aromatic heterocycles. The summed E-state index contributed by atoms with van der Waals surface area (Å²) in [5.41, 5.74) is 1.56. The van der Waals surface area contributed by atoms with Crippen molar-refractivity contribution < 1.29 is 14.7 Å². The molecule has 0 heterocycles. The summed E-state index contributed by atoms with van der Waals surface area (Å²) in [6.45, 7) is 9.88. The number of benzene rings is 1. The van der Waals surface area contributed by atoms with Crippen LogP contribution in [0.15, 0.2) is 24.3 Å². The van der Waals surface area contributed by atoms with Crippen molar-refractivity contribution in [2.24, 2.45) is 11.3 Å². The third kappa shape index (κ3) is 7.59. The Labute approximate surface area is 144 Å². The molecule has 1 rings (SSSR count). The first kappa shape index (κ1) is 20.2. The Morgan fingerprint density at radius 2 is 1.67 bits per heavy atom. The van der Waals surface area contributed by atoms with Crippen molar-refractivity contribution in [2.75, 3.05) is 11.9 Å². The van der Waals surface area contributed by atoms with Crippen LogP contribution in [0.4, 0.5) is 5.69 Å². The zero-order valence-electron chi connectivity index (χ0n) is 15.3. The standard InChI is InChI=1S/C19H30N2O3/c1-13(12-22)14(2)20-17(23)10-15-6-8-16(9-7-15)21-18(24)11-19(3,4)5/h6-9,13-14,22H,10-12H2,1-5H3,(H,20,23)(H,21,24). The first-order valence-electron chi connectivity index (χ1n) is 8.40. The van der Waals surface area contributed by atoms with E-state index in [1.54, 1.807) is 0 Å². The summed E-state index contributed by atoms with van der Waals surface area (Å²) in [6, 6.07) is 7.23. The van der Waals surface area contributed by atoms with Gasteiger partial charge in [-0.3, -0.25) is 9.59 Å². The minimum atomic E-state index is -0.0766. The number of aliphatic hydroxyl groups is 1. The van der Waals surface area contributed by atoms with Crippen LogP contribution in [0.3, 0.4) is 0 Å². The molecule has 0 aliphatic heterocycles. The zero-order chi connectivity index (χ0) is 18.3. The van der Waals surface area contributed by atoms with E-state index in [-0.39, 0.29) is 42.2 Å². The lowest BCUT2D eigenvalue weighted by atomic mass is 9.92. The smallest absolute Gasteiger partial charge is 0.224 e. The quantitative estimate of drug-likeness (QED) is 0.717. The molecule has 2 unspecified atom stereocenters. The molecular formula is C19H30N2O3. The summed E-state index contributed by atoms with van der Waals surface area (Å²) in [7, 11) is 0. The summed E-state index contributed by atoms with van der Waals surface area (Å²) in [6.07, 6.45) is 0.733. The topological polar surface area (TPSA) is 78.4 Å². The molecule has 0 saturated heterocycles. The Hall–Kier alpha value is -1.88. The first-order chi connectivity index (χ1) is 11.1. The van der Waals surface area contributed by atoms with E-state index < -0.39 is 0 Å². The molecule has 0 bridgehead atoms. The molecule has 1 aromatic rings. The molecule has 24 heavy (non-hydrogen) atoms. The number of amides is 2. The van der Waals surface area contributed by atoms with Crippen LogP contribution in [0.1, 0.15) is 46.6 Å². The van der Waals surface area contributed by atoms with Crippen molar-refractivity contribution >= 4 is 17.5 Å². The van der Waals surface area contributed by atoms with E-state index in [4.69, 9.17) is 5.11 Å². The SMILES string of the molecule is CC(CO)C(C)NC(=O)Cc1ccc(NC(=O)CC(C)(C)C)cc1. The van der Waals surface area contributed by atoms with Gasteiger partial charge in [0, 0.05) is 24.8 Å². The molecule has 0 spiro atoms. The van der Waals surface area contributed by atoms with E-state index >= 15 is 0 Å². The van der Waals surface area contributed by atoms with Crippen molar-refractivity contribution in [1.82, 2.24) is 5.32 Å². The number of anilines is 1. The van der Waals surface area contributed by atoms with Crippen LogP contribution in [0.2, 0.25) is 0 Å². The van der Waals surface area contributed by atoms with Gasteiger partial charge in [-0.15, -0.1) is 0 Å². The lowest BCUT2D eigenvalue weighted by Crippen LogP contribution is -2.39. The summed E-state index contributed by atoms with van der Waals surface area (Å²) < 4.78 is 0. The fraction of sp³-hybridized carbons (Fsp3) is 0.579. The molecule has 0 aliphatic rings. The minimum absolute atomic E-state index is 0.0141. The maximum absolute atomic E-state index is 12.0. The fourth-order valence-electron chi connectivity index (χ4n) is 2.18. The molecule has 0 aliphatic carbocycles. The maximum Gasteiger partial charge on any atom is 0.224 e. The highest BCUT2D eigenvalue weighted by atomic mass is 16.3. The van der Waals surface area contributed by atoms with Gasteiger partial charge in [-0.2, -0.15) is 0 Å². The lowest BCUT2D eigenvalue weighted by Gasteiger charge is -2.19. The summed E-state index contributed by atoms with van der Waals surface area (Å²) in [4.78, 5) is 23.9. The Balaban J connectivity index is 2.53. The Bertz CT molecular complexity index is 547. The van der Waals surface area contributed by atoms with E-state index in [2.05, 4.69) is 10.6 Å². The summed E-state index contributed by atoms with van der Waals surface area (Å²) in [5, 5.41) is 14.8. The van der Waals surface area contributed by atoms with Gasteiger partial charge in [0.2, 0.25) is 11.8 Å². The monoisotopic (exact) mass is 334 g/mol. The van der Waals surface area contributed by atoms with Crippen LogP contribution in [0.25, 0.3) is 0 Å². The maximum atomic E-state index is 12.0. The van der Waals surface area contributed by atoms with Gasteiger partial charge >= 0.3 is 0 Å². The van der Waals surface area contributed by atoms with Gasteiger partial charge < -0.3 is 15.7 Å². The van der Waals surface area contributed by atoms with E-state index in [0.29, 0.717) is 6.42 Å². The molecule has 1 aromatic carbocycles. The normalized spacial score (nSPS) is 13.9. The van der Waals surface area contributed by atoms with Gasteiger partial charge in [0.15, 0.2) is 0 Å². The highest BCUT2D eigenvalue weighted by Crippen LogP contribution is 2.19. The van der Waals surface area contributed by atoms with Crippen LogP contribution in [-0.4, -0.2) is 29.6 Å². The number of carbonyl (C=O) groups excluding carboxylic acids is 2. The van der Waals surface area contributed by atoms with Crippen LogP contribution >= 0.6 is 0 Å². The van der Waals surface area contributed by atoms with Crippen molar-refractivity contribution in [2.45, 2.75) is 53.5 Å². The van der Waals surface area contributed by atoms with E-state index in [1.165, 1.54) is 0 Å². The van der Waals surface area contributed by atoms with Crippen molar-refractivity contribution in [1.29, 1.82) is 0 Å². The average Bonchev–Trinajstić information content (AvgIpc) is 2.46. The third-order valence-electron chi connectivity index (χ3n) is 3.82. The predicted molar refractivity (Wildman–Crippen MR) is 96.7 cm³/mol. The molecule has 2 amide bonds. The molecule has 0 saturated carbocycles. The van der Waals surface area contributed by atoms with Gasteiger partial charge in [-0.05, 0) is 36.0 Å². The highest BCUT2D eigenvalue weighted by molar-refractivity contribution is 5.91.